The zero-order valence-electron chi connectivity index (χ0n) is 14.8. The van der Waals surface area contributed by atoms with Gasteiger partial charge in [-0.1, -0.05) is 18.2 Å². The maximum atomic E-state index is 12.4. The second-order valence-corrected chi connectivity index (χ2v) is 5.22. The number of pyridine rings is 1. The highest BCUT2D eigenvalue weighted by molar-refractivity contribution is 14.0. The van der Waals surface area contributed by atoms with E-state index in [-0.39, 0.29) is 60.2 Å². The summed E-state index contributed by atoms with van der Waals surface area (Å²) in [5.41, 5.74) is 0.836. The quantitative estimate of drug-likeness (QED) is 0.317. The first-order chi connectivity index (χ1) is 12.9. The molecule has 0 saturated heterocycles. The highest BCUT2D eigenvalue weighted by Gasteiger charge is 2.31. The molecule has 2 aromatic rings. The minimum absolute atomic E-state index is 0. The Morgan fingerprint density at radius 3 is 2.57 bits per heavy atom. The second-order valence-electron chi connectivity index (χ2n) is 5.22. The third kappa shape index (κ3) is 8.41. The van der Waals surface area contributed by atoms with Crippen LogP contribution >= 0.6 is 24.0 Å². The summed E-state index contributed by atoms with van der Waals surface area (Å²) in [5, 5.41) is 8.24. The number of para-hydroxylation sites is 1. The number of hydrogen-bond donors (Lipinski definition) is 3. The lowest BCUT2D eigenvalue weighted by Gasteiger charge is -2.15. The van der Waals surface area contributed by atoms with E-state index < -0.39 is 6.36 Å². The molecule has 0 fully saturated rings. The number of carbonyl (C=O) groups excluding carboxylic acids is 1. The van der Waals surface area contributed by atoms with Crippen molar-refractivity contribution in [2.45, 2.75) is 12.9 Å². The van der Waals surface area contributed by atoms with Gasteiger partial charge >= 0.3 is 6.36 Å². The van der Waals surface area contributed by atoms with Crippen molar-refractivity contribution in [1.82, 2.24) is 15.6 Å². The number of aliphatic imine (C=N–C) groups is 1. The minimum Gasteiger partial charge on any atom is -0.405 e. The summed E-state index contributed by atoms with van der Waals surface area (Å²) in [5.74, 6) is -0.382. The van der Waals surface area contributed by atoms with E-state index in [9.17, 15) is 18.0 Å². The number of alkyl halides is 3. The van der Waals surface area contributed by atoms with Gasteiger partial charge < -0.3 is 20.7 Å². The first-order valence-electron chi connectivity index (χ1n) is 7.85. The maximum absolute atomic E-state index is 12.4. The zero-order chi connectivity index (χ0) is 19.7. The Bertz CT molecular complexity index is 788. The second kappa shape index (κ2) is 11.3. The Labute approximate surface area is 176 Å². The van der Waals surface area contributed by atoms with E-state index in [2.05, 4.69) is 30.7 Å². The molecule has 28 heavy (non-hydrogen) atoms. The molecular weight excluding hydrogens is 490 g/mol. The number of benzene rings is 1. The SMILES string of the molecule is CN=C(NCC(=O)Nc1cccnc1)NCc1ccccc1OC(F)(F)F.I. The molecule has 0 bridgehead atoms. The topological polar surface area (TPSA) is 87.6 Å². The van der Waals surface area contributed by atoms with Crippen LogP contribution in [0.15, 0.2) is 53.8 Å². The number of hydrogen-bond acceptors (Lipinski definition) is 4. The average molecular weight is 509 g/mol. The standard InChI is InChI=1S/C17H18F3N5O2.HI/c1-21-16(24-11-15(26)25-13-6-4-8-22-10-13)23-9-12-5-2-3-7-14(12)27-17(18,19)20;/h2-8,10H,9,11H2,1H3,(H,25,26)(H2,21,23,24);1H. The summed E-state index contributed by atoms with van der Waals surface area (Å²) in [4.78, 5) is 19.7. The van der Waals surface area contributed by atoms with Crippen LogP contribution in [0.1, 0.15) is 5.56 Å². The van der Waals surface area contributed by atoms with Gasteiger partial charge in [-0.15, -0.1) is 37.1 Å². The summed E-state index contributed by atoms with van der Waals surface area (Å²) in [7, 11) is 1.48. The lowest BCUT2D eigenvalue weighted by molar-refractivity contribution is -0.274. The summed E-state index contributed by atoms with van der Waals surface area (Å²) in [6.07, 6.45) is -1.69. The highest BCUT2D eigenvalue weighted by Crippen LogP contribution is 2.25. The van der Waals surface area contributed by atoms with E-state index in [4.69, 9.17) is 0 Å². The molecule has 1 aromatic heterocycles. The van der Waals surface area contributed by atoms with Gasteiger partial charge in [0.1, 0.15) is 5.75 Å². The molecular formula is C17H19F3IN5O2. The Morgan fingerprint density at radius 1 is 1.18 bits per heavy atom. The molecule has 0 aliphatic rings. The molecule has 152 valence electrons. The van der Waals surface area contributed by atoms with Crippen molar-refractivity contribution >= 4 is 41.5 Å². The molecule has 1 amide bonds. The molecule has 11 heteroatoms. The van der Waals surface area contributed by atoms with Crippen LogP contribution in [0.3, 0.4) is 0 Å². The van der Waals surface area contributed by atoms with Crippen molar-refractivity contribution in [2.75, 3.05) is 18.9 Å². The molecule has 0 unspecified atom stereocenters. The fourth-order valence-electron chi connectivity index (χ4n) is 2.08. The van der Waals surface area contributed by atoms with Gasteiger partial charge in [-0.3, -0.25) is 14.8 Å². The van der Waals surface area contributed by atoms with E-state index in [1.165, 1.54) is 31.4 Å². The molecule has 0 radical (unpaired) electrons. The number of rotatable bonds is 6. The first kappa shape index (κ1) is 23.5. The molecule has 0 spiro atoms. The summed E-state index contributed by atoms with van der Waals surface area (Å²) in [6.45, 7) is -0.0641. The van der Waals surface area contributed by atoms with Crippen molar-refractivity contribution in [1.29, 1.82) is 0 Å². The number of guanidine groups is 1. The monoisotopic (exact) mass is 509 g/mol. The third-order valence-corrected chi connectivity index (χ3v) is 3.23. The van der Waals surface area contributed by atoms with Crippen molar-refractivity contribution in [3.8, 4) is 5.75 Å². The Kier molecular flexibility index (Phi) is 9.48. The minimum atomic E-state index is -4.78. The largest absolute Gasteiger partial charge is 0.573 e. The van der Waals surface area contributed by atoms with Crippen molar-refractivity contribution in [3.63, 3.8) is 0 Å². The van der Waals surface area contributed by atoms with Crippen LogP contribution in [0.5, 0.6) is 5.75 Å². The number of nitrogens with one attached hydrogen (secondary N) is 3. The summed E-state index contributed by atoms with van der Waals surface area (Å²) in [6, 6.07) is 9.14. The van der Waals surface area contributed by atoms with Crippen LogP contribution in [-0.2, 0) is 11.3 Å². The van der Waals surface area contributed by atoms with E-state index in [0.717, 1.165) is 0 Å². The van der Waals surface area contributed by atoms with Crippen molar-refractivity contribution in [3.05, 3.63) is 54.4 Å². The smallest absolute Gasteiger partial charge is 0.405 e. The van der Waals surface area contributed by atoms with E-state index in [1.54, 1.807) is 24.4 Å². The average Bonchev–Trinajstić information content (AvgIpc) is 2.62. The molecule has 1 aromatic carbocycles. The Morgan fingerprint density at radius 2 is 1.93 bits per heavy atom. The third-order valence-electron chi connectivity index (χ3n) is 3.23. The van der Waals surface area contributed by atoms with Gasteiger partial charge in [-0.25, -0.2) is 0 Å². The summed E-state index contributed by atoms with van der Waals surface area (Å²) < 4.78 is 41.3. The molecule has 0 aliphatic carbocycles. The van der Waals surface area contributed by atoms with E-state index in [1.807, 2.05) is 0 Å². The molecule has 1 heterocycles. The highest BCUT2D eigenvalue weighted by atomic mass is 127. The van der Waals surface area contributed by atoms with Gasteiger partial charge in [0, 0.05) is 25.4 Å². The van der Waals surface area contributed by atoms with E-state index in [0.29, 0.717) is 5.69 Å². The lowest BCUT2D eigenvalue weighted by Crippen LogP contribution is -2.41. The number of halogens is 4. The van der Waals surface area contributed by atoms with Crippen molar-refractivity contribution in [2.24, 2.45) is 4.99 Å². The van der Waals surface area contributed by atoms with Crippen LogP contribution in [0.25, 0.3) is 0 Å². The van der Waals surface area contributed by atoms with Gasteiger partial charge in [0.25, 0.3) is 0 Å². The van der Waals surface area contributed by atoms with Gasteiger partial charge in [0.05, 0.1) is 18.4 Å². The molecule has 3 N–H and O–H groups in total. The van der Waals surface area contributed by atoms with Crippen LogP contribution in [0.4, 0.5) is 18.9 Å². The number of aromatic nitrogens is 1. The number of anilines is 1. The number of ether oxygens (including phenoxy) is 1. The zero-order valence-corrected chi connectivity index (χ0v) is 17.1. The Balaban J connectivity index is 0.00000392. The molecule has 0 aliphatic heterocycles. The maximum Gasteiger partial charge on any atom is 0.573 e. The molecule has 0 saturated carbocycles. The fourth-order valence-corrected chi connectivity index (χ4v) is 2.08. The Hall–Kier alpha value is -2.57. The molecule has 7 nitrogen and oxygen atoms in total. The predicted octanol–water partition coefficient (Wildman–Crippen LogP) is 2.90. The number of amides is 1. The van der Waals surface area contributed by atoms with Gasteiger partial charge in [-0.05, 0) is 18.2 Å². The van der Waals surface area contributed by atoms with Gasteiger partial charge in [-0.2, -0.15) is 0 Å². The first-order valence-corrected chi connectivity index (χ1v) is 7.85. The van der Waals surface area contributed by atoms with Gasteiger partial charge in [0.15, 0.2) is 5.96 Å². The predicted molar refractivity (Wildman–Crippen MR) is 110 cm³/mol. The normalized spacial score (nSPS) is 11.2. The van der Waals surface area contributed by atoms with Crippen LogP contribution in [0.2, 0.25) is 0 Å². The van der Waals surface area contributed by atoms with E-state index >= 15 is 0 Å². The number of nitrogens with zero attached hydrogens (tertiary/aromatic N) is 2. The summed E-state index contributed by atoms with van der Waals surface area (Å²) >= 11 is 0. The van der Waals surface area contributed by atoms with Crippen LogP contribution < -0.4 is 20.7 Å². The van der Waals surface area contributed by atoms with Gasteiger partial charge in [0.2, 0.25) is 5.91 Å². The number of carbonyl (C=O) groups is 1. The van der Waals surface area contributed by atoms with Crippen LogP contribution in [0, 0.1) is 0 Å². The molecule has 2 rings (SSSR count). The van der Waals surface area contributed by atoms with Crippen LogP contribution in [-0.4, -0.2) is 36.8 Å². The molecule has 0 atom stereocenters. The van der Waals surface area contributed by atoms with Crippen molar-refractivity contribution < 1.29 is 22.7 Å². The fraction of sp³-hybridized carbons (Fsp3) is 0.235. The lowest BCUT2D eigenvalue weighted by atomic mass is 10.2.